The molecule has 7 heteroatoms. The minimum absolute atomic E-state index is 0.0466. The van der Waals surface area contributed by atoms with E-state index in [0.29, 0.717) is 24.9 Å². The van der Waals surface area contributed by atoms with Gasteiger partial charge in [0.25, 0.3) is 5.69 Å². The fourth-order valence-corrected chi connectivity index (χ4v) is 2.78. The Hall–Kier alpha value is -2.41. The number of rotatable bonds is 4. The summed E-state index contributed by atoms with van der Waals surface area (Å²) in [5, 5.41) is 20.8. The fraction of sp³-hybridized carbons (Fsp3) is 0.357. The highest BCUT2D eigenvalue weighted by atomic mass is 16.6. The van der Waals surface area contributed by atoms with Crippen LogP contribution in [0.2, 0.25) is 0 Å². The van der Waals surface area contributed by atoms with E-state index in [1.165, 1.54) is 6.07 Å². The summed E-state index contributed by atoms with van der Waals surface area (Å²) in [6.45, 7) is 0.415. The first-order valence-electron chi connectivity index (χ1n) is 6.67. The van der Waals surface area contributed by atoms with Crippen LogP contribution in [0.25, 0.3) is 10.9 Å². The fourth-order valence-electron chi connectivity index (χ4n) is 2.78. The number of carboxylic acid groups (broad SMARTS) is 1. The Morgan fingerprint density at radius 3 is 2.90 bits per heavy atom. The molecule has 0 radical (unpaired) electrons. The van der Waals surface area contributed by atoms with Gasteiger partial charge >= 0.3 is 5.97 Å². The molecule has 0 saturated carbocycles. The number of nitro groups is 1. The minimum Gasteiger partial charge on any atom is -0.479 e. The van der Waals surface area contributed by atoms with E-state index < -0.39 is 17.0 Å². The number of benzene rings is 1. The monoisotopic (exact) mass is 290 g/mol. The van der Waals surface area contributed by atoms with Crippen molar-refractivity contribution in [2.75, 3.05) is 0 Å². The number of carboxylic acids is 1. The van der Waals surface area contributed by atoms with Crippen molar-refractivity contribution in [2.45, 2.75) is 31.6 Å². The molecule has 7 nitrogen and oxygen atoms in total. The molecule has 0 spiro atoms. The predicted molar refractivity (Wildman–Crippen MR) is 74.1 cm³/mol. The van der Waals surface area contributed by atoms with E-state index in [-0.39, 0.29) is 11.8 Å². The van der Waals surface area contributed by atoms with Crippen LogP contribution in [0.4, 0.5) is 5.69 Å². The first-order chi connectivity index (χ1) is 10.1. The van der Waals surface area contributed by atoms with Crippen LogP contribution in [0.5, 0.6) is 0 Å². The number of non-ortho nitro benzene ring substituents is 1. The van der Waals surface area contributed by atoms with E-state index in [9.17, 15) is 14.9 Å². The molecule has 1 N–H and O–H groups in total. The molecule has 1 fully saturated rings. The van der Waals surface area contributed by atoms with E-state index >= 15 is 0 Å². The molecule has 2 aromatic rings. The number of ether oxygens (including phenoxy) is 1. The summed E-state index contributed by atoms with van der Waals surface area (Å²) in [4.78, 5) is 21.6. The maximum atomic E-state index is 11.1. The van der Waals surface area contributed by atoms with E-state index in [2.05, 4.69) is 0 Å². The molecule has 21 heavy (non-hydrogen) atoms. The Bertz CT molecular complexity index is 708. The van der Waals surface area contributed by atoms with Crippen molar-refractivity contribution in [3.05, 3.63) is 40.6 Å². The Morgan fingerprint density at radius 2 is 2.24 bits per heavy atom. The molecule has 1 aliphatic rings. The van der Waals surface area contributed by atoms with Crippen LogP contribution < -0.4 is 0 Å². The van der Waals surface area contributed by atoms with Crippen LogP contribution >= 0.6 is 0 Å². The van der Waals surface area contributed by atoms with Crippen LogP contribution in [-0.2, 0) is 16.1 Å². The molecule has 110 valence electrons. The summed E-state index contributed by atoms with van der Waals surface area (Å²) in [5.41, 5.74) is 0.593. The largest absolute Gasteiger partial charge is 0.479 e. The highest BCUT2D eigenvalue weighted by Gasteiger charge is 2.31. The smallest absolute Gasteiger partial charge is 0.332 e. The van der Waals surface area contributed by atoms with Gasteiger partial charge < -0.3 is 14.4 Å². The Balaban J connectivity index is 1.88. The Labute approximate surface area is 119 Å². The second-order valence-electron chi connectivity index (χ2n) is 5.10. The van der Waals surface area contributed by atoms with Crippen molar-refractivity contribution in [3.63, 3.8) is 0 Å². The number of nitro benzene ring substituents is 1. The number of hydrogen-bond acceptors (Lipinski definition) is 4. The lowest BCUT2D eigenvalue weighted by Gasteiger charge is -2.13. The average Bonchev–Trinajstić information content (AvgIpc) is 3.06. The first kappa shape index (κ1) is 13.6. The van der Waals surface area contributed by atoms with E-state index in [1.54, 1.807) is 16.8 Å². The van der Waals surface area contributed by atoms with Crippen molar-refractivity contribution < 1.29 is 19.6 Å². The van der Waals surface area contributed by atoms with Gasteiger partial charge in [0.15, 0.2) is 6.10 Å². The maximum absolute atomic E-state index is 11.1. The molecular formula is C14H14N2O5. The minimum atomic E-state index is -0.958. The second kappa shape index (κ2) is 5.17. The molecule has 1 aromatic heterocycles. The second-order valence-corrected chi connectivity index (χ2v) is 5.10. The van der Waals surface area contributed by atoms with Gasteiger partial charge in [-0.3, -0.25) is 10.1 Å². The maximum Gasteiger partial charge on any atom is 0.332 e. The van der Waals surface area contributed by atoms with Crippen LogP contribution in [0.1, 0.15) is 12.8 Å². The number of hydrogen-bond donors (Lipinski definition) is 1. The highest BCUT2D eigenvalue weighted by molar-refractivity contribution is 5.88. The van der Waals surface area contributed by atoms with E-state index in [4.69, 9.17) is 9.84 Å². The topological polar surface area (TPSA) is 94.6 Å². The summed E-state index contributed by atoms with van der Waals surface area (Å²) < 4.78 is 7.22. The van der Waals surface area contributed by atoms with E-state index in [1.807, 2.05) is 12.1 Å². The third-order valence-corrected chi connectivity index (χ3v) is 3.75. The molecule has 2 unspecified atom stereocenters. The molecule has 1 aromatic carbocycles. The molecule has 2 heterocycles. The molecule has 1 aliphatic heterocycles. The van der Waals surface area contributed by atoms with Gasteiger partial charge in [-0.05, 0) is 18.9 Å². The van der Waals surface area contributed by atoms with Crippen LogP contribution in [0.3, 0.4) is 0 Å². The zero-order valence-electron chi connectivity index (χ0n) is 11.1. The molecular weight excluding hydrogens is 276 g/mol. The average molecular weight is 290 g/mol. The lowest BCUT2D eigenvalue weighted by Crippen LogP contribution is -2.22. The lowest BCUT2D eigenvalue weighted by molar-refractivity contribution is -0.383. The van der Waals surface area contributed by atoms with Crippen molar-refractivity contribution in [1.82, 2.24) is 4.57 Å². The Morgan fingerprint density at radius 1 is 1.43 bits per heavy atom. The van der Waals surface area contributed by atoms with Crippen molar-refractivity contribution >= 4 is 22.6 Å². The quantitative estimate of drug-likeness (QED) is 0.688. The van der Waals surface area contributed by atoms with Gasteiger partial charge in [-0.1, -0.05) is 12.1 Å². The summed E-state index contributed by atoms with van der Waals surface area (Å²) in [6, 6.07) is 6.74. The summed E-state index contributed by atoms with van der Waals surface area (Å²) in [5.74, 6) is -0.958. The van der Waals surface area contributed by atoms with Gasteiger partial charge in [0.2, 0.25) is 0 Å². The molecule has 0 amide bonds. The zero-order chi connectivity index (χ0) is 15.0. The van der Waals surface area contributed by atoms with Crippen LogP contribution in [0, 0.1) is 10.1 Å². The first-order valence-corrected chi connectivity index (χ1v) is 6.67. The molecule has 3 rings (SSSR count). The van der Waals surface area contributed by atoms with Gasteiger partial charge in [-0.25, -0.2) is 4.79 Å². The number of aliphatic carboxylic acids is 1. The van der Waals surface area contributed by atoms with Gasteiger partial charge in [0.05, 0.1) is 11.0 Å². The number of nitrogens with zero attached hydrogens (tertiary/aromatic N) is 2. The van der Waals surface area contributed by atoms with Crippen molar-refractivity contribution in [3.8, 4) is 0 Å². The van der Waals surface area contributed by atoms with E-state index in [0.717, 1.165) is 5.39 Å². The number of aromatic nitrogens is 1. The zero-order valence-corrected chi connectivity index (χ0v) is 11.1. The van der Waals surface area contributed by atoms with Crippen LogP contribution in [0.15, 0.2) is 30.5 Å². The summed E-state index contributed by atoms with van der Waals surface area (Å²) in [7, 11) is 0. The van der Waals surface area contributed by atoms with Gasteiger partial charge in [-0.2, -0.15) is 0 Å². The van der Waals surface area contributed by atoms with Crippen molar-refractivity contribution in [2.24, 2.45) is 0 Å². The third-order valence-electron chi connectivity index (χ3n) is 3.75. The SMILES string of the molecule is O=C(O)C1CCC(Cn2ccc3cccc([N+](=O)[O-])c32)O1. The van der Waals surface area contributed by atoms with Crippen LogP contribution in [-0.4, -0.2) is 32.8 Å². The van der Waals surface area contributed by atoms with Gasteiger partial charge in [-0.15, -0.1) is 0 Å². The Kier molecular flexibility index (Phi) is 3.34. The summed E-state index contributed by atoms with van der Waals surface area (Å²) >= 11 is 0. The summed E-state index contributed by atoms with van der Waals surface area (Å²) in [6.07, 6.45) is 1.88. The van der Waals surface area contributed by atoms with Gasteiger partial charge in [0, 0.05) is 24.2 Å². The molecule has 0 bridgehead atoms. The molecule has 1 saturated heterocycles. The third kappa shape index (κ3) is 2.47. The number of para-hydroxylation sites is 1. The van der Waals surface area contributed by atoms with Crippen molar-refractivity contribution in [1.29, 1.82) is 0 Å². The van der Waals surface area contributed by atoms with Gasteiger partial charge in [0.1, 0.15) is 5.52 Å². The molecule has 0 aliphatic carbocycles. The number of fused-ring (bicyclic) bond motifs is 1. The lowest BCUT2D eigenvalue weighted by atomic mass is 10.2. The normalized spacial score (nSPS) is 21.7. The number of carbonyl (C=O) groups is 1. The highest BCUT2D eigenvalue weighted by Crippen LogP contribution is 2.28. The predicted octanol–water partition coefficient (Wildman–Crippen LogP) is 2.18. The standard InChI is InChI=1S/C14H14N2O5/c17-14(18)12-5-4-10(21-12)8-15-7-6-9-2-1-3-11(13(9)15)16(19)20/h1-3,6-7,10,12H,4-5,8H2,(H,17,18). The molecule has 2 atom stereocenters.